The summed E-state index contributed by atoms with van der Waals surface area (Å²) in [7, 11) is 2.07. The van der Waals surface area contributed by atoms with Crippen molar-refractivity contribution < 1.29 is 9.59 Å². The Labute approximate surface area is 101 Å². The number of amides is 2. The highest BCUT2D eigenvalue weighted by atomic mass is 16.2. The molecule has 94 valence electrons. The molecule has 0 unspecified atom stereocenters. The lowest BCUT2D eigenvalue weighted by Crippen LogP contribution is -2.43. The maximum absolute atomic E-state index is 11.3. The van der Waals surface area contributed by atoms with E-state index in [4.69, 9.17) is 5.26 Å². The van der Waals surface area contributed by atoms with Gasteiger partial charge in [-0.05, 0) is 38.9 Å². The number of hydrogen-bond acceptors (Lipinski definition) is 4. The number of hydrogen-bond donors (Lipinski definition) is 2. The van der Waals surface area contributed by atoms with Crippen LogP contribution in [0, 0.1) is 17.2 Å². The molecule has 1 fully saturated rings. The minimum atomic E-state index is -0.737. The van der Waals surface area contributed by atoms with E-state index in [0.29, 0.717) is 12.5 Å². The zero-order chi connectivity index (χ0) is 12.7. The third kappa shape index (κ3) is 4.83. The number of nitriles is 1. The molecule has 6 heteroatoms. The van der Waals surface area contributed by atoms with Crippen molar-refractivity contribution in [2.75, 3.05) is 33.2 Å². The smallest absolute Gasteiger partial charge is 0.310 e. The second-order valence-corrected chi connectivity index (χ2v) is 4.30. The lowest BCUT2D eigenvalue weighted by atomic mass is 9.97. The lowest BCUT2D eigenvalue weighted by molar-refractivity contribution is -0.139. The average molecular weight is 238 g/mol. The number of carbonyl (C=O) groups excluding carboxylic acids is 2. The van der Waals surface area contributed by atoms with Gasteiger partial charge in [0.25, 0.3) is 0 Å². The van der Waals surface area contributed by atoms with Crippen LogP contribution >= 0.6 is 0 Å². The number of rotatable bonds is 3. The number of piperidine rings is 1. The SMILES string of the molecule is CN1CCC(CNC(=O)C(=O)NCC#N)CC1. The number of nitrogens with zero attached hydrogens (tertiary/aromatic N) is 2. The molecule has 1 heterocycles. The van der Waals surface area contributed by atoms with Crippen molar-refractivity contribution in [2.24, 2.45) is 5.92 Å². The van der Waals surface area contributed by atoms with Crippen molar-refractivity contribution in [1.82, 2.24) is 15.5 Å². The first-order valence-electron chi connectivity index (χ1n) is 5.75. The van der Waals surface area contributed by atoms with Crippen LogP contribution in [-0.2, 0) is 9.59 Å². The van der Waals surface area contributed by atoms with Crippen LogP contribution in [0.2, 0.25) is 0 Å². The van der Waals surface area contributed by atoms with Gasteiger partial charge >= 0.3 is 11.8 Å². The molecule has 6 nitrogen and oxygen atoms in total. The molecule has 2 amide bonds. The van der Waals surface area contributed by atoms with E-state index < -0.39 is 11.8 Å². The highest BCUT2D eigenvalue weighted by molar-refractivity contribution is 6.35. The van der Waals surface area contributed by atoms with Gasteiger partial charge in [0.05, 0.1) is 6.07 Å². The maximum atomic E-state index is 11.3. The molecular formula is C11H18N4O2. The third-order valence-corrected chi connectivity index (χ3v) is 2.92. The molecule has 0 aromatic heterocycles. The molecule has 1 aliphatic heterocycles. The molecule has 0 atom stereocenters. The van der Waals surface area contributed by atoms with Crippen molar-refractivity contribution in [3.63, 3.8) is 0 Å². The second kappa shape index (κ2) is 6.86. The molecule has 17 heavy (non-hydrogen) atoms. The fourth-order valence-electron chi connectivity index (χ4n) is 1.78. The van der Waals surface area contributed by atoms with E-state index in [0.717, 1.165) is 25.9 Å². The van der Waals surface area contributed by atoms with Crippen molar-refractivity contribution in [2.45, 2.75) is 12.8 Å². The quantitative estimate of drug-likeness (QED) is 0.492. The maximum Gasteiger partial charge on any atom is 0.310 e. The Balaban J connectivity index is 2.19. The molecule has 1 saturated heterocycles. The molecule has 0 spiro atoms. The van der Waals surface area contributed by atoms with Crippen LogP contribution < -0.4 is 10.6 Å². The first-order chi connectivity index (χ1) is 8.13. The van der Waals surface area contributed by atoms with Crippen molar-refractivity contribution in [3.05, 3.63) is 0 Å². The Hall–Kier alpha value is -1.61. The first-order valence-corrected chi connectivity index (χ1v) is 5.75. The molecule has 0 radical (unpaired) electrons. The van der Waals surface area contributed by atoms with E-state index >= 15 is 0 Å². The molecular weight excluding hydrogens is 220 g/mol. The fourth-order valence-corrected chi connectivity index (χ4v) is 1.78. The van der Waals surface area contributed by atoms with Gasteiger partial charge in [0.2, 0.25) is 0 Å². The Bertz CT molecular complexity index is 316. The minimum absolute atomic E-state index is 0.138. The summed E-state index contributed by atoms with van der Waals surface area (Å²) in [6.07, 6.45) is 2.08. The van der Waals surface area contributed by atoms with Crippen molar-refractivity contribution in [1.29, 1.82) is 5.26 Å². The van der Waals surface area contributed by atoms with Crippen LogP contribution in [0.3, 0.4) is 0 Å². The van der Waals surface area contributed by atoms with Crippen LogP contribution in [0.4, 0.5) is 0 Å². The monoisotopic (exact) mass is 238 g/mol. The van der Waals surface area contributed by atoms with Crippen LogP contribution in [0.1, 0.15) is 12.8 Å². The standard InChI is InChI=1S/C11H18N4O2/c1-15-6-2-9(3-7-15)8-14-11(17)10(16)13-5-4-12/h9H,2-3,5-8H2,1H3,(H,13,16)(H,14,17). The van der Waals surface area contributed by atoms with Gasteiger partial charge in [-0.25, -0.2) is 0 Å². The van der Waals surface area contributed by atoms with E-state index in [-0.39, 0.29) is 6.54 Å². The van der Waals surface area contributed by atoms with E-state index in [2.05, 4.69) is 22.6 Å². The predicted molar refractivity (Wildman–Crippen MR) is 61.9 cm³/mol. The van der Waals surface area contributed by atoms with Gasteiger partial charge in [0.15, 0.2) is 0 Å². The molecule has 0 aliphatic carbocycles. The molecule has 1 rings (SSSR count). The summed E-state index contributed by atoms with van der Waals surface area (Å²) in [5, 5.41) is 13.1. The van der Waals surface area contributed by atoms with Crippen LogP contribution in [0.5, 0.6) is 0 Å². The van der Waals surface area contributed by atoms with Gasteiger partial charge in [-0.1, -0.05) is 0 Å². The van der Waals surface area contributed by atoms with Gasteiger partial charge in [-0.3, -0.25) is 9.59 Å². The van der Waals surface area contributed by atoms with Gasteiger partial charge in [-0.15, -0.1) is 0 Å². The Morgan fingerprint density at radius 2 is 1.88 bits per heavy atom. The summed E-state index contributed by atoms with van der Waals surface area (Å²) in [5.41, 5.74) is 0. The third-order valence-electron chi connectivity index (χ3n) is 2.92. The summed E-state index contributed by atoms with van der Waals surface area (Å²) in [6.45, 7) is 2.45. The average Bonchev–Trinajstić information content (AvgIpc) is 2.34. The summed E-state index contributed by atoms with van der Waals surface area (Å²) in [4.78, 5) is 24.7. The van der Waals surface area contributed by atoms with E-state index in [1.54, 1.807) is 6.07 Å². The van der Waals surface area contributed by atoms with E-state index in [9.17, 15) is 9.59 Å². The van der Waals surface area contributed by atoms with Crippen LogP contribution in [0.15, 0.2) is 0 Å². The highest BCUT2D eigenvalue weighted by Crippen LogP contribution is 2.14. The summed E-state index contributed by atoms with van der Waals surface area (Å²) in [6, 6.07) is 1.75. The van der Waals surface area contributed by atoms with Crippen LogP contribution in [-0.4, -0.2) is 49.9 Å². The predicted octanol–water partition coefficient (Wildman–Crippen LogP) is -0.916. The van der Waals surface area contributed by atoms with Gasteiger partial charge in [0, 0.05) is 6.54 Å². The molecule has 0 aromatic carbocycles. The largest absolute Gasteiger partial charge is 0.348 e. The second-order valence-electron chi connectivity index (χ2n) is 4.30. The zero-order valence-corrected chi connectivity index (χ0v) is 10.0. The lowest BCUT2D eigenvalue weighted by Gasteiger charge is -2.28. The first kappa shape index (κ1) is 13.5. The number of nitrogens with one attached hydrogen (secondary N) is 2. The summed E-state index contributed by atoms with van der Waals surface area (Å²) in [5.74, 6) is -0.947. The zero-order valence-electron chi connectivity index (χ0n) is 10.0. The number of carbonyl (C=O) groups is 2. The van der Waals surface area contributed by atoms with Gasteiger partial charge in [0.1, 0.15) is 6.54 Å². The molecule has 0 saturated carbocycles. The van der Waals surface area contributed by atoms with Gasteiger partial charge in [-0.2, -0.15) is 5.26 Å². The molecule has 0 aromatic rings. The van der Waals surface area contributed by atoms with Gasteiger partial charge < -0.3 is 15.5 Å². The molecule has 0 bridgehead atoms. The molecule has 2 N–H and O–H groups in total. The fraction of sp³-hybridized carbons (Fsp3) is 0.727. The van der Waals surface area contributed by atoms with E-state index in [1.807, 2.05) is 0 Å². The van der Waals surface area contributed by atoms with Crippen LogP contribution in [0.25, 0.3) is 0 Å². The minimum Gasteiger partial charge on any atom is -0.348 e. The normalized spacial score (nSPS) is 17.2. The Kier molecular flexibility index (Phi) is 5.43. The van der Waals surface area contributed by atoms with Crippen molar-refractivity contribution >= 4 is 11.8 Å². The van der Waals surface area contributed by atoms with E-state index in [1.165, 1.54) is 0 Å². The van der Waals surface area contributed by atoms with Crippen molar-refractivity contribution in [3.8, 4) is 6.07 Å². The Morgan fingerprint density at radius 3 is 2.47 bits per heavy atom. The highest BCUT2D eigenvalue weighted by Gasteiger charge is 2.19. The summed E-state index contributed by atoms with van der Waals surface area (Å²) >= 11 is 0. The number of likely N-dealkylation sites (tertiary alicyclic amines) is 1. The Morgan fingerprint density at radius 1 is 1.29 bits per heavy atom. The topological polar surface area (TPSA) is 85.2 Å². The molecule has 1 aliphatic rings. The summed E-state index contributed by atoms with van der Waals surface area (Å²) < 4.78 is 0.